The Morgan fingerprint density at radius 2 is 2.00 bits per heavy atom. The van der Waals surface area contributed by atoms with Crippen molar-refractivity contribution in [1.82, 2.24) is 9.88 Å². The molecule has 0 aliphatic heterocycles. The molecule has 0 atom stereocenters. The van der Waals surface area contributed by atoms with E-state index in [1.54, 1.807) is 18.2 Å². The molecule has 3 nitrogen and oxygen atoms in total. The molecule has 0 unspecified atom stereocenters. The van der Waals surface area contributed by atoms with Crippen molar-refractivity contribution in [1.29, 1.82) is 0 Å². The van der Waals surface area contributed by atoms with Gasteiger partial charge in [0.05, 0.1) is 5.56 Å². The normalized spacial score (nSPS) is 10.3. The van der Waals surface area contributed by atoms with Gasteiger partial charge in [-0.2, -0.15) is 0 Å². The molecule has 0 aliphatic carbocycles. The molecule has 104 valence electrons. The van der Waals surface area contributed by atoms with Crippen molar-refractivity contribution in [2.45, 2.75) is 13.8 Å². The average Bonchev–Trinajstić information content (AvgIpc) is 2.73. The number of hydrogen-bond donors (Lipinski definition) is 1. The van der Waals surface area contributed by atoms with Crippen molar-refractivity contribution in [3.63, 3.8) is 0 Å². The monoisotopic (exact) mass is 272 g/mol. The maximum Gasteiger partial charge on any atom is 0.253 e. The van der Waals surface area contributed by atoms with E-state index in [-0.39, 0.29) is 11.7 Å². The van der Waals surface area contributed by atoms with Gasteiger partial charge < -0.3 is 9.88 Å². The van der Waals surface area contributed by atoms with E-state index in [9.17, 15) is 9.18 Å². The summed E-state index contributed by atoms with van der Waals surface area (Å²) in [6.45, 7) is 7.79. The maximum atomic E-state index is 13.0. The summed E-state index contributed by atoms with van der Waals surface area (Å²) < 4.78 is 14.9. The molecule has 2 aromatic rings. The second-order valence-electron chi connectivity index (χ2n) is 4.60. The molecule has 2 rings (SSSR count). The van der Waals surface area contributed by atoms with Crippen molar-refractivity contribution >= 4 is 5.91 Å². The number of carbonyl (C=O) groups is 1. The Labute approximate surface area is 117 Å². The predicted octanol–water partition coefficient (Wildman–Crippen LogP) is 3.15. The summed E-state index contributed by atoms with van der Waals surface area (Å²) in [6, 6.07) is 8.04. The lowest BCUT2D eigenvalue weighted by atomic mass is 10.2. The third-order valence-corrected chi connectivity index (χ3v) is 3.17. The first-order chi connectivity index (χ1) is 9.54. The highest BCUT2D eigenvalue weighted by Gasteiger charge is 2.15. The zero-order chi connectivity index (χ0) is 14.7. The van der Waals surface area contributed by atoms with Crippen LogP contribution in [0.25, 0.3) is 5.69 Å². The zero-order valence-electron chi connectivity index (χ0n) is 11.6. The minimum absolute atomic E-state index is 0.133. The summed E-state index contributed by atoms with van der Waals surface area (Å²) in [5.41, 5.74) is 3.21. The van der Waals surface area contributed by atoms with Crippen molar-refractivity contribution < 1.29 is 9.18 Å². The highest BCUT2D eigenvalue weighted by atomic mass is 19.1. The minimum atomic E-state index is -0.278. The van der Waals surface area contributed by atoms with E-state index in [1.807, 2.05) is 24.5 Å². The molecule has 0 saturated heterocycles. The number of amides is 1. The minimum Gasteiger partial charge on any atom is -0.349 e. The van der Waals surface area contributed by atoms with Crippen molar-refractivity contribution in [2.75, 3.05) is 6.54 Å². The quantitative estimate of drug-likeness (QED) is 0.852. The molecule has 0 saturated carbocycles. The van der Waals surface area contributed by atoms with Crippen molar-refractivity contribution in [3.05, 3.63) is 65.8 Å². The Morgan fingerprint density at radius 3 is 2.60 bits per heavy atom. The molecule has 0 fully saturated rings. The lowest BCUT2D eigenvalue weighted by Gasteiger charge is -2.10. The van der Waals surface area contributed by atoms with Gasteiger partial charge in [-0.15, -0.1) is 6.58 Å². The lowest BCUT2D eigenvalue weighted by Crippen LogP contribution is -2.23. The van der Waals surface area contributed by atoms with Gasteiger partial charge in [-0.25, -0.2) is 4.39 Å². The van der Waals surface area contributed by atoms with E-state index in [4.69, 9.17) is 0 Å². The third-order valence-electron chi connectivity index (χ3n) is 3.17. The molecule has 20 heavy (non-hydrogen) atoms. The van der Waals surface area contributed by atoms with Gasteiger partial charge in [-0.1, -0.05) is 6.08 Å². The molecular formula is C16H17FN2O. The number of halogens is 1. The second-order valence-corrected chi connectivity index (χ2v) is 4.60. The van der Waals surface area contributed by atoms with Gasteiger partial charge in [0.2, 0.25) is 0 Å². The fourth-order valence-corrected chi connectivity index (χ4v) is 2.24. The van der Waals surface area contributed by atoms with Gasteiger partial charge in [0.1, 0.15) is 5.82 Å². The Bertz CT molecular complexity index is 641. The lowest BCUT2D eigenvalue weighted by molar-refractivity contribution is 0.0957. The summed E-state index contributed by atoms with van der Waals surface area (Å²) in [6.07, 6.45) is 1.64. The fourth-order valence-electron chi connectivity index (χ4n) is 2.24. The molecule has 1 aromatic heterocycles. The smallest absolute Gasteiger partial charge is 0.253 e. The number of rotatable bonds is 4. The van der Waals surface area contributed by atoms with Gasteiger partial charge in [-0.05, 0) is 44.2 Å². The van der Waals surface area contributed by atoms with Crippen LogP contribution in [0, 0.1) is 19.7 Å². The van der Waals surface area contributed by atoms with E-state index in [0.717, 1.165) is 17.1 Å². The predicted molar refractivity (Wildman–Crippen MR) is 77.7 cm³/mol. The van der Waals surface area contributed by atoms with E-state index < -0.39 is 0 Å². The van der Waals surface area contributed by atoms with Crippen LogP contribution >= 0.6 is 0 Å². The van der Waals surface area contributed by atoms with Crippen molar-refractivity contribution in [2.24, 2.45) is 0 Å². The van der Waals surface area contributed by atoms with Gasteiger partial charge in [-0.3, -0.25) is 4.79 Å². The highest BCUT2D eigenvalue weighted by molar-refractivity contribution is 5.96. The molecular weight excluding hydrogens is 255 g/mol. The van der Waals surface area contributed by atoms with E-state index >= 15 is 0 Å². The first kappa shape index (κ1) is 14.1. The van der Waals surface area contributed by atoms with Crippen LogP contribution in [0.2, 0.25) is 0 Å². The molecule has 0 bridgehead atoms. The maximum absolute atomic E-state index is 13.0. The summed E-state index contributed by atoms with van der Waals surface area (Å²) in [5, 5.41) is 2.76. The van der Waals surface area contributed by atoms with Gasteiger partial charge in [0.25, 0.3) is 5.91 Å². The van der Waals surface area contributed by atoms with E-state index in [0.29, 0.717) is 12.1 Å². The Hall–Kier alpha value is -2.36. The summed E-state index contributed by atoms with van der Waals surface area (Å²) in [5.74, 6) is -0.411. The van der Waals surface area contributed by atoms with Crippen LogP contribution in [-0.4, -0.2) is 17.0 Å². The second kappa shape index (κ2) is 5.74. The van der Waals surface area contributed by atoms with Gasteiger partial charge in [0, 0.05) is 23.6 Å². The van der Waals surface area contributed by atoms with E-state index in [2.05, 4.69) is 11.9 Å². The van der Waals surface area contributed by atoms with Crippen LogP contribution in [0.15, 0.2) is 43.0 Å². The Balaban J connectivity index is 2.41. The standard InChI is InChI=1S/C16H17FN2O/c1-4-9-18-16(20)15-10-11(2)19(12(15)3)14-7-5-13(17)6-8-14/h4-8,10H,1,9H2,2-3H3,(H,18,20). The van der Waals surface area contributed by atoms with Crippen LogP contribution < -0.4 is 5.32 Å². The first-order valence-corrected chi connectivity index (χ1v) is 6.38. The van der Waals surface area contributed by atoms with Gasteiger partial charge >= 0.3 is 0 Å². The molecule has 0 aliphatic rings. The number of aryl methyl sites for hydroxylation is 1. The Kier molecular flexibility index (Phi) is 4.03. The summed E-state index contributed by atoms with van der Waals surface area (Å²) >= 11 is 0. The first-order valence-electron chi connectivity index (χ1n) is 6.38. The largest absolute Gasteiger partial charge is 0.349 e. The van der Waals surface area contributed by atoms with Crippen LogP contribution in [0.1, 0.15) is 21.7 Å². The molecule has 1 aromatic carbocycles. The molecule has 0 radical (unpaired) electrons. The number of nitrogens with one attached hydrogen (secondary N) is 1. The Morgan fingerprint density at radius 1 is 1.35 bits per heavy atom. The van der Waals surface area contributed by atoms with Crippen LogP contribution in [0.3, 0.4) is 0 Å². The van der Waals surface area contributed by atoms with Crippen LogP contribution in [0.4, 0.5) is 4.39 Å². The summed E-state index contributed by atoms with van der Waals surface area (Å²) in [4.78, 5) is 12.0. The molecule has 0 spiro atoms. The molecule has 1 amide bonds. The fraction of sp³-hybridized carbons (Fsp3) is 0.188. The molecule has 4 heteroatoms. The highest BCUT2D eigenvalue weighted by Crippen LogP contribution is 2.21. The van der Waals surface area contributed by atoms with Crippen LogP contribution in [-0.2, 0) is 0 Å². The van der Waals surface area contributed by atoms with E-state index in [1.165, 1.54) is 12.1 Å². The summed E-state index contributed by atoms with van der Waals surface area (Å²) in [7, 11) is 0. The third kappa shape index (κ3) is 2.64. The van der Waals surface area contributed by atoms with Gasteiger partial charge in [0.15, 0.2) is 0 Å². The van der Waals surface area contributed by atoms with Crippen molar-refractivity contribution in [3.8, 4) is 5.69 Å². The number of nitrogens with zero attached hydrogens (tertiary/aromatic N) is 1. The average molecular weight is 272 g/mol. The number of carbonyl (C=O) groups excluding carboxylic acids is 1. The SMILES string of the molecule is C=CCNC(=O)c1cc(C)n(-c2ccc(F)cc2)c1C. The zero-order valence-corrected chi connectivity index (χ0v) is 11.6. The molecule has 1 heterocycles. The topological polar surface area (TPSA) is 34.0 Å². The molecule has 1 N–H and O–H groups in total. The number of hydrogen-bond acceptors (Lipinski definition) is 1. The number of aromatic nitrogens is 1. The number of benzene rings is 1. The van der Waals surface area contributed by atoms with Crippen LogP contribution in [0.5, 0.6) is 0 Å².